The van der Waals surface area contributed by atoms with Crippen LogP contribution in [-0.4, -0.2) is 30.0 Å². The highest BCUT2D eigenvalue weighted by Crippen LogP contribution is 2.34. The van der Waals surface area contributed by atoms with Gasteiger partial charge in [0.25, 0.3) is 0 Å². The van der Waals surface area contributed by atoms with Gasteiger partial charge in [-0.3, -0.25) is 0 Å². The first-order chi connectivity index (χ1) is 7.72. The maximum Gasteiger partial charge on any atom is 0.161 e. The lowest BCUT2D eigenvalue weighted by molar-refractivity contribution is 0.0764. The van der Waals surface area contributed by atoms with Gasteiger partial charge in [-0.15, -0.1) is 0 Å². The van der Waals surface area contributed by atoms with Gasteiger partial charge in [0.2, 0.25) is 0 Å². The number of hydrogen-bond donors (Lipinski definition) is 2. The Bertz CT molecular complexity index is 364. The zero-order chi connectivity index (χ0) is 11.5. The normalized spacial score (nSPS) is 17.9. The van der Waals surface area contributed by atoms with Gasteiger partial charge in [0.1, 0.15) is 13.2 Å². The van der Waals surface area contributed by atoms with Gasteiger partial charge >= 0.3 is 0 Å². The molecule has 2 atom stereocenters. The first kappa shape index (κ1) is 11.2. The van der Waals surface area contributed by atoms with Crippen LogP contribution < -0.4 is 9.47 Å². The average molecular weight is 224 g/mol. The second-order valence-corrected chi connectivity index (χ2v) is 4.01. The molecule has 1 heterocycles. The Morgan fingerprint density at radius 1 is 1.25 bits per heavy atom. The summed E-state index contributed by atoms with van der Waals surface area (Å²) >= 11 is 0. The van der Waals surface area contributed by atoms with E-state index < -0.39 is 6.10 Å². The summed E-state index contributed by atoms with van der Waals surface area (Å²) in [6, 6.07) is 5.35. The van der Waals surface area contributed by atoms with Crippen molar-refractivity contribution in [3.8, 4) is 11.5 Å². The molecule has 16 heavy (non-hydrogen) atoms. The second-order valence-electron chi connectivity index (χ2n) is 4.01. The van der Waals surface area contributed by atoms with Crippen molar-refractivity contribution in [2.24, 2.45) is 5.92 Å². The third-order valence-electron chi connectivity index (χ3n) is 2.73. The monoisotopic (exact) mass is 224 g/mol. The Hall–Kier alpha value is -1.26. The largest absolute Gasteiger partial charge is 0.486 e. The predicted octanol–water partition coefficient (Wildman–Crippen LogP) is 1.12. The SMILES string of the molecule is C[C@H](CO)[C@H](O)c1ccc2c(c1)OCCO2. The Morgan fingerprint density at radius 3 is 2.62 bits per heavy atom. The van der Waals surface area contributed by atoms with Crippen molar-refractivity contribution in [2.75, 3.05) is 19.8 Å². The van der Waals surface area contributed by atoms with Gasteiger partial charge in [0.15, 0.2) is 11.5 Å². The van der Waals surface area contributed by atoms with E-state index in [2.05, 4.69) is 0 Å². The molecular weight excluding hydrogens is 208 g/mol. The minimum absolute atomic E-state index is 0.0460. The lowest BCUT2D eigenvalue weighted by atomic mass is 9.98. The predicted molar refractivity (Wildman–Crippen MR) is 58.6 cm³/mol. The summed E-state index contributed by atoms with van der Waals surface area (Å²) in [6.45, 7) is 2.83. The zero-order valence-electron chi connectivity index (χ0n) is 9.22. The van der Waals surface area contributed by atoms with Crippen LogP contribution >= 0.6 is 0 Å². The number of rotatable bonds is 3. The first-order valence-corrected chi connectivity index (χ1v) is 5.41. The topological polar surface area (TPSA) is 58.9 Å². The summed E-state index contributed by atoms with van der Waals surface area (Å²) in [7, 11) is 0. The fourth-order valence-electron chi connectivity index (χ4n) is 1.67. The summed E-state index contributed by atoms with van der Waals surface area (Å²) in [5, 5.41) is 18.9. The molecule has 0 saturated carbocycles. The van der Waals surface area contributed by atoms with Crippen molar-refractivity contribution in [2.45, 2.75) is 13.0 Å². The summed E-state index contributed by atoms with van der Waals surface area (Å²) in [6.07, 6.45) is -0.680. The highest BCUT2D eigenvalue weighted by Gasteiger charge is 2.19. The fraction of sp³-hybridized carbons (Fsp3) is 0.500. The van der Waals surface area contributed by atoms with Crippen LogP contribution in [0.1, 0.15) is 18.6 Å². The highest BCUT2D eigenvalue weighted by atomic mass is 16.6. The third kappa shape index (κ3) is 2.13. The molecule has 0 spiro atoms. The fourth-order valence-corrected chi connectivity index (χ4v) is 1.67. The molecule has 0 bridgehead atoms. The summed E-state index contributed by atoms with van der Waals surface area (Å²) in [4.78, 5) is 0. The van der Waals surface area contributed by atoms with E-state index in [1.54, 1.807) is 25.1 Å². The number of benzene rings is 1. The van der Waals surface area contributed by atoms with Crippen LogP contribution in [0.4, 0.5) is 0 Å². The lowest BCUT2D eigenvalue weighted by Gasteiger charge is -2.22. The van der Waals surface area contributed by atoms with Crippen LogP contribution in [0, 0.1) is 5.92 Å². The van der Waals surface area contributed by atoms with Gasteiger partial charge in [-0.2, -0.15) is 0 Å². The van der Waals surface area contributed by atoms with Crippen LogP contribution in [0.2, 0.25) is 0 Å². The first-order valence-electron chi connectivity index (χ1n) is 5.41. The summed E-state index contributed by atoms with van der Waals surface area (Å²) in [5.41, 5.74) is 0.741. The Morgan fingerprint density at radius 2 is 1.94 bits per heavy atom. The molecule has 0 aromatic heterocycles. The second kappa shape index (κ2) is 4.72. The van der Waals surface area contributed by atoms with Crippen LogP contribution in [0.15, 0.2) is 18.2 Å². The molecule has 2 rings (SSSR count). The van der Waals surface area contributed by atoms with Crippen molar-refractivity contribution in [3.63, 3.8) is 0 Å². The van der Waals surface area contributed by atoms with E-state index in [-0.39, 0.29) is 12.5 Å². The molecule has 0 aliphatic carbocycles. The average Bonchev–Trinajstić information content (AvgIpc) is 2.36. The van der Waals surface area contributed by atoms with E-state index in [9.17, 15) is 5.11 Å². The van der Waals surface area contributed by atoms with Crippen LogP contribution in [0.3, 0.4) is 0 Å². The summed E-state index contributed by atoms with van der Waals surface area (Å²) < 4.78 is 10.8. The number of ether oxygens (including phenoxy) is 2. The maximum atomic E-state index is 9.93. The molecule has 4 heteroatoms. The number of hydrogen-bond acceptors (Lipinski definition) is 4. The molecule has 0 saturated heterocycles. The minimum atomic E-state index is -0.680. The van der Waals surface area contributed by atoms with E-state index in [4.69, 9.17) is 14.6 Å². The maximum absolute atomic E-state index is 9.93. The molecular formula is C12H16O4. The molecule has 1 aromatic rings. The molecule has 2 N–H and O–H groups in total. The molecule has 88 valence electrons. The van der Waals surface area contributed by atoms with Gasteiger partial charge in [-0.25, -0.2) is 0 Å². The quantitative estimate of drug-likeness (QED) is 0.807. The van der Waals surface area contributed by atoms with Crippen LogP contribution in [0.25, 0.3) is 0 Å². The van der Waals surface area contributed by atoms with Crippen molar-refractivity contribution < 1.29 is 19.7 Å². The van der Waals surface area contributed by atoms with E-state index >= 15 is 0 Å². The third-order valence-corrected chi connectivity index (χ3v) is 2.73. The number of aliphatic hydroxyl groups excluding tert-OH is 2. The van der Waals surface area contributed by atoms with Crippen LogP contribution in [0.5, 0.6) is 11.5 Å². The van der Waals surface area contributed by atoms with E-state index in [0.717, 1.165) is 5.56 Å². The number of fused-ring (bicyclic) bond motifs is 1. The lowest BCUT2D eigenvalue weighted by Crippen LogP contribution is -2.17. The Labute approximate surface area is 94.4 Å². The summed E-state index contributed by atoms with van der Waals surface area (Å²) in [5.74, 6) is 1.18. The van der Waals surface area contributed by atoms with Gasteiger partial charge in [-0.05, 0) is 17.7 Å². The van der Waals surface area contributed by atoms with Crippen molar-refractivity contribution in [1.82, 2.24) is 0 Å². The molecule has 1 aliphatic rings. The Balaban J connectivity index is 2.22. The van der Waals surface area contributed by atoms with E-state index in [0.29, 0.717) is 24.7 Å². The smallest absolute Gasteiger partial charge is 0.161 e. The molecule has 0 unspecified atom stereocenters. The standard InChI is InChI=1S/C12H16O4/c1-8(7-13)12(14)9-2-3-10-11(6-9)16-5-4-15-10/h2-3,6,8,12-14H,4-5,7H2,1H3/t8-,12+/m1/s1. The minimum Gasteiger partial charge on any atom is -0.486 e. The molecule has 1 aromatic carbocycles. The van der Waals surface area contributed by atoms with Crippen LogP contribution in [-0.2, 0) is 0 Å². The zero-order valence-corrected chi connectivity index (χ0v) is 9.22. The molecule has 1 aliphatic heterocycles. The van der Waals surface area contributed by atoms with Gasteiger partial charge < -0.3 is 19.7 Å². The molecule has 0 fully saturated rings. The van der Waals surface area contributed by atoms with E-state index in [1.807, 2.05) is 0 Å². The van der Waals surface area contributed by atoms with Gasteiger partial charge in [0.05, 0.1) is 6.10 Å². The van der Waals surface area contributed by atoms with Gasteiger partial charge in [-0.1, -0.05) is 13.0 Å². The van der Waals surface area contributed by atoms with Gasteiger partial charge in [0, 0.05) is 12.5 Å². The Kier molecular flexibility index (Phi) is 3.31. The highest BCUT2D eigenvalue weighted by molar-refractivity contribution is 5.44. The molecule has 4 nitrogen and oxygen atoms in total. The van der Waals surface area contributed by atoms with E-state index in [1.165, 1.54) is 0 Å². The number of aliphatic hydroxyl groups is 2. The van der Waals surface area contributed by atoms with Crippen molar-refractivity contribution >= 4 is 0 Å². The molecule has 0 amide bonds. The van der Waals surface area contributed by atoms with Crippen molar-refractivity contribution in [1.29, 1.82) is 0 Å². The van der Waals surface area contributed by atoms with Crippen molar-refractivity contribution in [3.05, 3.63) is 23.8 Å². The molecule has 0 radical (unpaired) electrons.